The molecule has 0 radical (unpaired) electrons. The number of allylic oxidation sites excluding steroid dienone is 2. The van der Waals surface area contributed by atoms with Crippen molar-refractivity contribution in [1.82, 2.24) is 0 Å². The molecule has 0 heterocycles. The molecule has 0 amide bonds. The van der Waals surface area contributed by atoms with Crippen LogP contribution in [0.15, 0.2) is 12.2 Å². The van der Waals surface area contributed by atoms with Crippen LogP contribution in [0.5, 0.6) is 0 Å². The van der Waals surface area contributed by atoms with Gasteiger partial charge in [0.2, 0.25) is 0 Å². The summed E-state index contributed by atoms with van der Waals surface area (Å²) in [6.07, 6.45) is 7.12. The van der Waals surface area contributed by atoms with Crippen molar-refractivity contribution in [1.29, 1.82) is 0 Å². The number of rotatable bonds is 7. The highest BCUT2D eigenvalue weighted by atomic mass is 28.4. The van der Waals surface area contributed by atoms with Gasteiger partial charge in [-0.25, -0.2) is 0 Å². The lowest BCUT2D eigenvalue weighted by Gasteiger charge is -2.37. The smallest absolute Gasteiger partial charge is 0.374 e. The van der Waals surface area contributed by atoms with E-state index in [1.165, 1.54) is 6.42 Å². The fourth-order valence-corrected chi connectivity index (χ4v) is 7.12. The number of hydrogen-bond donors (Lipinski definition) is 0. The molecule has 1 fully saturated rings. The van der Waals surface area contributed by atoms with Crippen LogP contribution in [-0.4, -0.2) is 28.6 Å². The van der Waals surface area contributed by atoms with E-state index in [1.807, 2.05) is 20.8 Å². The number of hydrogen-bond acceptors (Lipinski definition) is 3. The molecule has 4 heteroatoms. The van der Waals surface area contributed by atoms with Crippen LogP contribution < -0.4 is 0 Å². The first-order chi connectivity index (χ1) is 8.59. The van der Waals surface area contributed by atoms with E-state index in [0.717, 1.165) is 6.42 Å². The highest BCUT2D eigenvalue weighted by molar-refractivity contribution is 6.62. The third kappa shape index (κ3) is 2.44. The third-order valence-electron chi connectivity index (χ3n) is 4.14. The molecule has 0 saturated heterocycles. The maximum absolute atomic E-state index is 6.05. The summed E-state index contributed by atoms with van der Waals surface area (Å²) < 4.78 is 18.2. The molecule has 3 unspecified atom stereocenters. The first-order valence-electron chi connectivity index (χ1n) is 7.20. The summed E-state index contributed by atoms with van der Waals surface area (Å²) in [5.74, 6) is 0.589. The van der Waals surface area contributed by atoms with Crippen molar-refractivity contribution in [3.8, 4) is 0 Å². The summed E-state index contributed by atoms with van der Waals surface area (Å²) in [7, 11) is -2.51. The van der Waals surface area contributed by atoms with Gasteiger partial charge in [-0.05, 0) is 44.9 Å². The second kappa shape index (κ2) is 5.45. The third-order valence-corrected chi connectivity index (χ3v) is 7.76. The SMILES string of the molecule is CCO[Si](OCC)(OCC)C1CC2(C)C=CC1C2. The Labute approximate surface area is 112 Å². The Morgan fingerprint density at radius 2 is 1.61 bits per heavy atom. The van der Waals surface area contributed by atoms with Crippen molar-refractivity contribution in [2.75, 3.05) is 19.8 Å². The molecule has 2 aliphatic carbocycles. The second-order valence-electron chi connectivity index (χ2n) is 5.59. The molecule has 0 aromatic rings. The summed E-state index contributed by atoms with van der Waals surface area (Å²) in [6, 6.07) is 0. The van der Waals surface area contributed by atoms with E-state index < -0.39 is 8.80 Å². The van der Waals surface area contributed by atoms with Gasteiger partial charge in [-0.3, -0.25) is 0 Å². The van der Waals surface area contributed by atoms with Crippen molar-refractivity contribution in [3.05, 3.63) is 12.2 Å². The maximum atomic E-state index is 6.05. The molecule has 1 saturated carbocycles. The van der Waals surface area contributed by atoms with Gasteiger partial charge in [-0.15, -0.1) is 0 Å². The molecule has 2 rings (SSSR count). The van der Waals surface area contributed by atoms with Crippen molar-refractivity contribution >= 4 is 8.80 Å². The van der Waals surface area contributed by atoms with Gasteiger partial charge in [0, 0.05) is 25.4 Å². The van der Waals surface area contributed by atoms with Gasteiger partial charge in [0.25, 0.3) is 0 Å². The lowest BCUT2D eigenvalue weighted by atomic mass is 9.91. The van der Waals surface area contributed by atoms with Crippen LogP contribution in [0.3, 0.4) is 0 Å². The molecule has 0 N–H and O–H groups in total. The number of fused-ring (bicyclic) bond motifs is 2. The van der Waals surface area contributed by atoms with Gasteiger partial charge in [-0.2, -0.15) is 0 Å². The zero-order valence-electron chi connectivity index (χ0n) is 12.1. The van der Waals surface area contributed by atoms with Gasteiger partial charge in [-0.1, -0.05) is 19.1 Å². The standard InChI is InChI=1S/C14H26O3Si/c1-5-15-18(16-6-2,17-7-3)13-11-14(4)9-8-12(13)10-14/h8-9,12-13H,5-7,10-11H2,1-4H3. The normalized spacial score (nSPS) is 34.4. The van der Waals surface area contributed by atoms with Crippen molar-refractivity contribution < 1.29 is 13.3 Å². The van der Waals surface area contributed by atoms with E-state index in [4.69, 9.17) is 13.3 Å². The van der Waals surface area contributed by atoms with Crippen LogP contribution in [0.2, 0.25) is 5.54 Å². The maximum Gasteiger partial charge on any atom is 0.504 e. The largest absolute Gasteiger partial charge is 0.504 e. The van der Waals surface area contributed by atoms with E-state index in [0.29, 0.717) is 36.7 Å². The predicted molar refractivity (Wildman–Crippen MR) is 74.4 cm³/mol. The fourth-order valence-electron chi connectivity index (χ4n) is 3.55. The first kappa shape index (κ1) is 14.3. The summed E-state index contributed by atoms with van der Waals surface area (Å²) >= 11 is 0. The highest BCUT2D eigenvalue weighted by Crippen LogP contribution is 2.58. The first-order valence-corrected chi connectivity index (χ1v) is 9.00. The Morgan fingerprint density at radius 1 is 1.06 bits per heavy atom. The molecule has 3 nitrogen and oxygen atoms in total. The molecule has 0 aliphatic heterocycles. The Bertz CT molecular complexity index is 301. The van der Waals surface area contributed by atoms with Crippen LogP contribution >= 0.6 is 0 Å². The quantitative estimate of drug-likeness (QED) is 0.524. The van der Waals surface area contributed by atoms with Crippen LogP contribution in [0, 0.1) is 11.3 Å². The molecular formula is C14H26O3Si. The van der Waals surface area contributed by atoms with Crippen molar-refractivity contribution in [2.24, 2.45) is 11.3 Å². The average molecular weight is 270 g/mol. The molecule has 0 aromatic heterocycles. The molecule has 2 bridgehead atoms. The predicted octanol–water partition coefficient (Wildman–Crippen LogP) is 3.39. The summed E-state index contributed by atoms with van der Waals surface area (Å²) in [6.45, 7) is 10.5. The van der Waals surface area contributed by atoms with E-state index in [2.05, 4.69) is 19.1 Å². The molecule has 0 aromatic carbocycles. The van der Waals surface area contributed by atoms with Gasteiger partial charge in [0.1, 0.15) is 0 Å². The minimum absolute atomic E-state index is 0.346. The topological polar surface area (TPSA) is 27.7 Å². The molecule has 3 atom stereocenters. The average Bonchev–Trinajstić information content (AvgIpc) is 2.85. The lowest BCUT2D eigenvalue weighted by molar-refractivity contribution is 0.0571. The van der Waals surface area contributed by atoms with Crippen LogP contribution in [0.1, 0.15) is 40.5 Å². The van der Waals surface area contributed by atoms with Crippen LogP contribution in [0.4, 0.5) is 0 Å². The Morgan fingerprint density at radius 3 is 1.94 bits per heavy atom. The fraction of sp³-hybridized carbons (Fsp3) is 0.857. The molecule has 104 valence electrons. The van der Waals surface area contributed by atoms with E-state index in [9.17, 15) is 0 Å². The summed E-state index contributed by atoms with van der Waals surface area (Å²) in [4.78, 5) is 0. The Kier molecular flexibility index (Phi) is 4.31. The van der Waals surface area contributed by atoms with Gasteiger partial charge in [0.05, 0.1) is 0 Å². The molecular weight excluding hydrogens is 244 g/mol. The zero-order chi connectivity index (χ0) is 13.2. The van der Waals surface area contributed by atoms with Gasteiger partial charge in [0.15, 0.2) is 0 Å². The van der Waals surface area contributed by atoms with Crippen LogP contribution in [0.25, 0.3) is 0 Å². The monoisotopic (exact) mass is 270 g/mol. The lowest BCUT2D eigenvalue weighted by Crippen LogP contribution is -2.51. The van der Waals surface area contributed by atoms with Gasteiger partial charge < -0.3 is 13.3 Å². The zero-order valence-corrected chi connectivity index (χ0v) is 13.1. The molecule has 18 heavy (non-hydrogen) atoms. The van der Waals surface area contributed by atoms with Crippen molar-refractivity contribution in [2.45, 2.75) is 46.1 Å². The highest BCUT2D eigenvalue weighted by Gasteiger charge is 2.59. The Balaban J connectivity index is 2.20. The summed E-state index contributed by atoms with van der Waals surface area (Å²) in [5.41, 5.74) is 0.797. The van der Waals surface area contributed by atoms with E-state index in [1.54, 1.807) is 0 Å². The van der Waals surface area contributed by atoms with Crippen molar-refractivity contribution in [3.63, 3.8) is 0 Å². The minimum atomic E-state index is -2.51. The van der Waals surface area contributed by atoms with E-state index >= 15 is 0 Å². The second-order valence-corrected chi connectivity index (χ2v) is 8.41. The Hall–Kier alpha value is -0.163. The summed E-state index contributed by atoms with van der Waals surface area (Å²) in [5, 5.41) is 0. The van der Waals surface area contributed by atoms with Crippen LogP contribution in [-0.2, 0) is 13.3 Å². The molecule has 0 spiro atoms. The van der Waals surface area contributed by atoms with Gasteiger partial charge >= 0.3 is 8.80 Å². The molecule has 2 aliphatic rings. The van der Waals surface area contributed by atoms with E-state index in [-0.39, 0.29) is 0 Å². The minimum Gasteiger partial charge on any atom is -0.374 e.